The van der Waals surface area contributed by atoms with Crippen LogP contribution in [0.3, 0.4) is 0 Å². The molecular weight excluding hydrogens is 360 g/mol. The van der Waals surface area contributed by atoms with E-state index in [1.165, 1.54) is 23.9 Å². The Morgan fingerprint density at radius 1 is 1.32 bits per heavy atom. The first-order valence-corrected chi connectivity index (χ1v) is 8.58. The summed E-state index contributed by atoms with van der Waals surface area (Å²) in [5, 5.41) is 23.3. The van der Waals surface area contributed by atoms with Gasteiger partial charge in [-0.05, 0) is 41.5 Å². The molecule has 0 saturated carbocycles. The smallest absolute Gasteiger partial charge is 0.269 e. The standard InChI is InChI=1S/C17H14N2O4S2/c20-16-15(25-17(24)18-16)9-12-2-1-3-14(8-12)23-10-11-4-6-13(7-5-11)19(21)22/h1-9,16,20H,10H2,(H,18,24). The van der Waals surface area contributed by atoms with Crippen LogP contribution in [-0.4, -0.2) is 20.6 Å². The summed E-state index contributed by atoms with van der Waals surface area (Å²) >= 11 is 6.34. The number of benzene rings is 2. The van der Waals surface area contributed by atoms with Crippen molar-refractivity contribution in [3.63, 3.8) is 0 Å². The van der Waals surface area contributed by atoms with E-state index >= 15 is 0 Å². The lowest BCUT2D eigenvalue weighted by atomic mass is 10.2. The summed E-state index contributed by atoms with van der Waals surface area (Å²) in [6, 6.07) is 13.7. The summed E-state index contributed by atoms with van der Waals surface area (Å²) in [7, 11) is 0. The molecule has 6 nitrogen and oxygen atoms in total. The number of nitrogens with zero attached hydrogens (tertiary/aromatic N) is 1. The Balaban J connectivity index is 1.66. The molecule has 3 rings (SSSR count). The fourth-order valence-corrected chi connectivity index (χ4v) is 3.37. The third-order valence-electron chi connectivity index (χ3n) is 3.45. The molecule has 1 aliphatic rings. The lowest BCUT2D eigenvalue weighted by Crippen LogP contribution is -2.23. The molecule has 0 aromatic heterocycles. The molecular formula is C17H14N2O4S2. The predicted octanol–water partition coefficient (Wildman–Crippen LogP) is 3.45. The van der Waals surface area contributed by atoms with Crippen molar-refractivity contribution in [1.82, 2.24) is 5.32 Å². The van der Waals surface area contributed by atoms with E-state index in [1.54, 1.807) is 12.1 Å². The van der Waals surface area contributed by atoms with Gasteiger partial charge in [0.15, 0.2) is 6.23 Å². The number of thioether (sulfide) groups is 1. The van der Waals surface area contributed by atoms with Gasteiger partial charge >= 0.3 is 0 Å². The third-order valence-corrected chi connectivity index (χ3v) is 4.70. The van der Waals surface area contributed by atoms with Gasteiger partial charge in [0.25, 0.3) is 5.69 Å². The van der Waals surface area contributed by atoms with Crippen molar-refractivity contribution in [3.05, 3.63) is 74.7 Å². The number of hydrogen-bond acceptors (Lipinski definition) is 6. The maximum atomic E-state index is 10.7. The van der Waals surface area contributed by atoms with Crippen LogP contribution in [0.2, 0.25) is 0 Å². The Morgan fingerprint density at radius 2 is 2.08 bits per heavy atom. The second-order valence-electron chi connectivity index (χ2n) is 5.27. The SMILES string of the molecule is O=[N+]([O-])c1ccc(COc2cccc(C=C3SC(=S)NC3O)c2)cc1. The van der Waals surface area contributed by atoms with Crippen LogP contribution in [0, 0.1) is 10.1 Å². The number of aliphatic hydroxyl groups is 1. The number of hydrogen-bond donors (Lipinski definition) is 2. The van der Waals surface area contributed by atoms with Crippen LogP contribution in [0.15, 0.2) is 53.4 Å². The Bertz CT molecular complexity index is 837. The molecule has 1 atom stereocenters. The van der Waals surface area contributed by atoms with E-state index in [0.29, 0.717) is 16.7 Å². The van der Waals surface area contributed by atoms with E-state index in [0.717, 1.165) is 16.0 Å². The van der Waals surface area contributed by atoms with Gasteiger partial charge in [-0.1, -0.05) is 36.1 Å². The predicted molar refractivity (Wildman–Crippen MR) is 101 cm³/mol. The van der Waals surface area contributed by atoms with E-state index in [2.05, 4.69) is 5.32 Å². The van der Waals surface area contributed by atoms with Crippen molar-refractivity contribution in [2.45, 2.75) is 12.8 Å². The second kappa shape index (κ2) is 7.64. The zero-order chi connectivity index (χ0) is 17.8. The zero-order valence-corrected chi connectivity index (χ0v) is 14.5. The van der Waals surface area contributed by atoms with Crippen LogP contribution in [-0.2, 0) is 6.61 Å². The Hall–Kier alpha value is -2.42. The topological polar surface area (TPSA) is 84.6 Å². The van der Waals surface area contributed by atoms with Crippen LogP contribution in [0.5, 0.6) is 5.75 Å². The van der Waals surface area contributed by atoms with E-state index in [9.17, 15) is 15.2 Å². The molecule has 8 heteroatoms. The van der Waals surface area contributed by atoms with Gasteiger partial charge in [0.1, 0.15) is 16.7 Å². The highest BCUT2D eigenvalue weighted by molar-refractivity contribution is 8.26. The summed E-state index contributed by atoms with van der Waals surface area (Å²) < 4.78 is 6.28. The normalized spacial score (nSPS) is 18.2. The molecule has 0 radical (unpaired) electrons. The van der Waals surface area contributed by atoms with Crippen molar-refractivity contribution >= 4 is 40.1 Å². The van der Waals surface area contributed by atoms with Crippen LogP contribution < -0.4 is 10.1 Å². The second-order valence-corrected chi connectivity index (χ2v) is 7.02. The molecule has 1 saturated heterocycles. The Kier molecular flexibility index (Phi) is 5.32. The molecule has 1 unspecified atom stereocenters. The summed E-state index contributed by atoms with van der Waals surface area (Å²) in [4.78, 5) is 11.0. The minimum Gasteiger partial charge on any atom is -0.489 e. The fourth-order valence-electron chi connectivity index (χ4n) is 2.22. The van der Waals surface area contributed by atoms with Crippen molar-refractivity contribution in [2.24, 2.45) is 0 Å². The maximum absolute atomic E-state index is 10.7. The van der Waals surface area contributed by atoms with Gasteiger partial charge in [-0.2, -0.15) is 0 Å². The van der Waals surface area contributed by atoms with Gasteiger partial charge in [-0.15, -0.1) is 0 Å². The molecule has 0 bridgehead atoms. The minimum atomic E-state index is -0.776. The van der Waals surface area contributed by atoms with Gasteiger partial charge < -0.3 is 15.2 Å². The molecule has 2 aromatic carbocycles. The van der Waals surface area contributed by atoms with E-state index in [4.69, 9.17) is 17.0 Å². The van der Waals surface area contributed by atoms with Crippen LogP contribution in [0.4, 0.5) is 5.69 Å². The Labute approximate surface area is 153 Å². The van der Waals surface area contributed by atoms with E-state index in [1.807, 2.05) is 30.3 Å². The average molecular weight is 374 g/mol. The summed E-state index contributed by atoms with van der Waals surface area (Å²) in [5.74, 6) is 0.667. The van der Waals surface area contributed by atoms with Crippen molar-refractivity contribution in [1.29, 1.82) is 0 Å². The molecule has 2 aromatic rings. The van der Waals surface area contributed by atoms with Gasteiger partial charge in [0.05, 0.1) is 4.92 Å². The largest absolute Gasteiger partial charge is 0.489 e. The molecule has 2 N–H and O–H groups in total. The zero-order valence-electron chi connectivity index (χ0n) is 12.9. The highest BCUT2D eigenvalue weighted by atomic mass is 32.2. The molecule has 0 amide bonds. The van der Waals surface area contributed by atoms with Crippen LogP contribution in [0.25, 0.3) is 6.08 Å². The number of nitrogens with one attached hydrogen (secondary N) is 1. The summed E-state index contributed by atoms with van der Waals surface area (Å²) in [5.41, 5.74) is 1.77. The number of nitro groups is 1. The van der Waals surface area contributed by atoms with Crippen molar-refractivity contribution < 1.29 is 14.8 Å². The summed E-state index contributed by atoms with van der Waals surface area (Å²) in [6.07, 6.45) is 1.07. The molecule has 1 fully saturated rings. The highest BCUT2D eigenvalue weighted by Crippen LogP contribution is 2.29. The number of aliphatic hydroxyl groups excluding tert-OH is 1. The molecule has 25 heavy (non-hydrogen) atoms. The molecule has 128 valence electrons. The quantitative estimate of drug-likeness (QED) is 0.471. The molecule has 1 aliphatic heterocycles. The number of non-ortho nitro benzene ring substituents is 1. The lowest BCUT2D eigenvalue weighted by Gasteiger charge is -2.08. The highest BCUT2D eigenvalue weighted by Gasteiger charge is 2.22. The number of nitro benzene ring substituents is 1. The fraction of sp³-hybridized carbons (Fsp3) is 0.118. The first kappa shape index (κ1) is 17.4. The van der Waals surface area contributed by atoms with Gasteiger partial charge in [-0.3, -0.25) is 10.1 Å². The van der Waals surface area contributed by atoms with Crippen molar-refractivity contribution in [3.8, 4) is 5.75 Å². The number of ether oxygens (including phenoxy) is 1. The minimum absolute atomic E-state index is 0.0523. The molecule has 0 aliphatic carbocycles. The number of rotatable bonds is 5. The monoisotopic (exact) mass is 374 g/mol. The van der Waals surface area contributed by atoms with Crippen LogP contribution >= 0.6 is 24.0 Å². The first-order chi connectivity index (χ1) is 12.0. The maximum Gasteiger partial charge on any atom is 0.269 e. The van der Waals surface area contributed by atoms with Gasteiger partial charge in [-0.25, -0.2) is 0 Å². The molecule has 1 heterocycles. The molecule has 0 spiro atoms. The van der Waals surface area contributed by atoms with Gasteiger partial charge in [0, 0.05) is 17.0 Å². The average Bonchev–Trinajstić information content (AvgIpc) is 2.91. The van der Waals surface area contributed by atoms with Gasteiger partial charge in [0.2, 0.25) is 0 Å². The van der Waals surface area contributed by atoms with E-state index in [-0.39, 0.29) is 5.69 Å². The van der Waals surface area contributed by atoms with E-state index < -0.39 is 11.2 Å². The van der Waals surface area contributed by atoms with Crippen molar-refractivity contribution in [2.75, 3.05) is 0 Å². The first-order valence-electron chi connectivity index (χ1n) is 7.35. The third kappa shape index (κ3) is 4.56. The number of thiocarbonyl (C=S) groups is 1. The Morgan fingerprint density at radius 3 is 2.72 bits per heavy atom. The van der Waals surface area contributed by atoms with Crippen LogP contribution in [0.1, 0.15) is 11.1 Å². The summed E-state index contributed by atoms with van der Waals surface area (Å²) in [6.45, 7) is 0.307. The lowest BCUT2D eigenvalue weighted by molar-refractivity contribution is -0.384.